The Morgan fingerprint density at radius 2 is 2.16 bits per heavy atom. The Labute approximate surface area is 116 Å². The highest BCUT2D eigenvalue weighted by Crippen LogP contribution is 2.25. The summed E-state index contributed by atoms with van der Waals surface area (Å²) in [6.07, 6.45) is 9.22. The van der Waals surface area contributed by atoms with Gasteiger partial charge < -0.3 is 14.5 Å². The van der Waals surface area contributed by atoms with Crippen molar-refractivity contribution >= 4 is 5.91 Å². The van der Waals surface area contributed by atoms with E-state index < -0.39 is 0 Å². The van der Waals surface area contributed by atoms with Crippen LogP contribution in [-0.4, -0.2) is 61.6 Å². The Morgan fingerprint density at radius 3 is 2.74 bits per heavy atom. The average Bonchev–Trinajstić information content (AvgIpc) is 2.81. The minimum Gasteiger partial charge on any atom is -0.385 e. The summed E-state index contributed by atoms with van der Waals surface area (Å²) in [6.45, 7) is 4.86. The lowest BCUT2D eigenvalue weighted by molar-refractivity contribution is -0.130. The lowest BCUT2D eigenvalue weighted by Crippen LogP contribution is -2.45. The van der Waals surface area contributed by atoms with Crippen LogP contribution < -0.4 is 0 Å². The van der Waals surface area contributed by atoms with Crippen molar-refractivity contribution in [2.75, 3.05) is 39.9 Å². The first-order chi connectivity index (χ1) is 9.24. The molecule has 19 heavy (non-hydrogen) atoms. The molecule has 2 rings (SSSR count). The zero-order chi connectivity index (χ0) is 13.7. The van der Waals surface area contributed by atoms with Crippen LogP contribution in [0.2, 0.25) is 0 Å². The van der Waals surface area contributed by atoms with Crippen LogP contribution in [0.1, 0.15) is 25.7 Å². The number of methoxy groups -OCH3 is 1. The maximum absolute atomic E-state index is 11.9. The highest BCUT2D eigenvalue weighted by Gasteiger charge is 2.34. The summed E-state index contributed by atoms with van der Waals surface area (Å²) in [5.41, 5.74) is 0. The highest BCUT2D eigenvalue weighted by molar-refractivity contribution is 5.79. The first-order valence-electron chi connectivity index (χ1n) is 7.21. The maximum Gasteiger partial charge on any atom is 0.224 e. The number of carbonyl (C=O) groups excluding carboxylic acids is 1. The average molecular weight is 264 g/mol. The first-order valence-corrected chi connectivity index (χ1v) is 7.21. The zero-order valence-electron chi connectivity index (χ0n) is 11.8. The molecule has 2 fully saturated rings. The molecule has 0 saturated carbocycles. The van der Waals surface area contributed by atoms with Crippen LogP contribution >= 0.6 is 0 Å². The summed E-state index contributed by atoms with van der Waals surface area (Å²) in [7, 11) is 1.74. The molecule has 4 nitrogen and oxygen atoms in total. The van der Waals surface area contributed by atoms with Gasteiger partial charge >= 0.3 is 0 Å². The summed E-state index contributed by atoms with van der Waals surface area (Å²) in [5, 5.41) is 0. The predicted octanol–water partition coefficient (Wildman–Crippen LogP) is 0.969. The molecule has 0 spiro atoms. The molecular formula is C15H24N2O2. The second-order valence-corrected chi connectivity index (χ2v) is 5.53. The van der Waals surface area contributed by atoms with Crippen LogP contribution in [0.15, 0.2) is 0 Å². The standard InChI is InChI=1S/C15H24N2O2/c1-3-13-11-15(18)17(12-13)14-5-8-16(9-6-14)7-4-10-19-2/h1,13-14H,4-12H2,2H3. The molecule has 2 saturated heterocycles. The first kappa shape index (κ1) is 14.4. The normalized spacial score (nSPS) is 25.8. The van der Waals surface area contributed by atoms with Gasteiger partial charge in [0.05, 0.1) is 0 Å². The van der Waals surface area contributed by atoms with Crippen molar-refractivity contribution < 1.29 is 9.53 Å². The lowest BCUT2D eigenvalue weighted by Gasteiger charge is -2.36. The number of carbonyl (C=O) groups is 1. The van der Waals surface area contributed by atoms with E-state index in [0.717, 1.165) is 52.0 Å². The topological polar surface area (TPSA) is 32.8 Å². The van der Waals surface area contributed by atoms with Crippen molar-refractivity contribution in [3.8, 4) is 12.3 Å². The molecule has 1 amide bonds. The molecule has 0 aromatic heterocycles. The number of piperidine rings is 1. The predicted molar refractivity (Wildman–Crippen MR) is 74.6 cm³/mol. The monoisotopic (exact) mass is 264 g/mol. The van der Waals surface area contributed by atoms with Crippen LogP contribution in [0, 0.1) is 18.3 Å². The van der Waals surface area contributed by atoms with Gasteiger partial charge in [0, 0.05) is 58.3 Å². The second kappa shape index (κ2) is 6.93. The number of rotatable bonds is 5. The molecule has 2 aliphatic rings. The molecule has 1 atom stereocenters. The quantitative estimate of drug-likeness (QED) is 0.548. The third-order valence-corrected chi connectivity index (χ3v) is 4.21. The number of hydrogen-bond donors (Lipinski definition) is 0. The Morgan fingerprint density at radius 1 is 1.42 bits per heavy atom. The van der Waals surface area contributed by atoms with E-state index in [0.29, 0.717) is 12.5 Å². The third kappa shape index (κ3) is 3.71. The minimum atomic E-state index is 0.132. The van der Waals surface area contributed by atoms with Crippen molar-refractivity contribution in [3.05, 3.63) is 0 Å². The maximum atomic E-state index is 11.9. The molecule has 2 aliphatic heterocycles. The molecule has 0 radical (unpaired) electrons. The fraction of sp³-hybridized carbons (Fsp3) is 0.800. The van der Waals surface area contributed by atoms with Gasteiger partial charge in [-0.05, 0) is 19.3 Å². The third-order valence-electron chi connectivity index (χ3n) is 4.21. The molecule has 1 unspecified atom stereocenters. The highest BCUT2D eigenvalue weighted by atomic mass is 16.5. The second-order valence-electron chi connectivity index (χ2n) is 5.53. The van der Waals surface area contributed by atoms with E-state index in [1.807, 2.05) is 4.90 Å². The van der Waals surface area contributed by atoms with E-state index >= 15 is 0 Å². The molecule has 2 heterocycles. The van der Waals surface area contributed by atoms with E-state index in [1.54, 1.807) is 7.11 Å². The van der Waals surface area contributed by atoms with Gasteiger partial charge in [0.15, 0.2) is 0 Å². The number of terminal acetylenes is 1. The van der Waals surface area contributed by atoms with Crippen molar-refractivity contribution in [3.63, 3.8) is 0 Å². The Bertz CT molecular complexity index is 343. The van der Waals surface area contributed by atoms with E-state index in [9.17, 15) is 4.79 Å². The number of nitrogens with zero attached hydrogens (tertiary/aromatic N) is 2. The molecular weight excluding hydrogens is 240 g/mol. The van der Waals surface area contributed by atoms with E-state index in [2.05, 4.69) is 10.8 Å². The van der Waals surface area contributed by atoms with Gasteiger partial charge in [0.2, 0.25) is 5.91 Å². The molecule has 106 valence electrons. The number of likely N-dealkylation sites (tertiary alicyclic amines) is 2. The summed E-state index contributed by atoms with van der Waals surface area (Å²) in [6, 6.07) is 0.407. The molecule has 0 bridgehead atoms. The molecule has 0 aliphatic carbocycles. The Balaban J connectivity index is 1.74. The van der Waals surface area contributed by atoms with Gasteiger partial charge in [-0.1, -0.05) is 0 Å². The number of ether oxygens (including phenoxy) is 1. The minimum absolute atomic E-state index is 0.132. The van der Waals surface area contributed by atoms with Crippen molar-refractivity contribution in [1.82, 2.24) is 9.80 Å². The fourth-order valence-corrected chi connectivity index (χ4v) is 3.08. The van der Waals surface area contributed by atoms with Crippen LogP contribution in [0.25, 0.3) is 0 Å². The largest absolute Gasteiger partial charge is 0.385 e. The number of hydrogen-bond acceptors (Lipinski definition) is 3. The van der Waals surface area contributed by atoms with Crippen LogP contribution in [0.5, 0.6) is 0 Å². The van der Waals surface area contributed by atoms with E-state index in [-0.39, 0.29) is 11.8 Å². The number of amides is 1. The van der Waals surface area contributed by atoms with E-state index in [1.165, 1.54) is 0 Å². The Hall–Kier alpha value is -1.05. The molecule has 0 aromatic carbocycles. The smallest absolute Gasteiger partial charge is 0.224 e. The van der Waals surface area contributed by atoms with Gasteiger partial charge in [-0.15, -0.1) is 12.3 Å². The van der Waals surface area contributed by atoms with Crippen LogP contribution in [0.4, 0.5) is 0 Å². The van der Waals surface area contributed by atoms with Gasteiger partial charge in [-0.3, -0.25) is 4.79 Å². The van der Waals surface area contributed by atoms with Gasteiger partial charge in [-0.2, -0.15) is 0 Å². The van der Waals surface area contributed by atoms with Crippen LogP contribution in [-0.2, 0) is 9.53 Å². The van der Waals surface area contributed by atoms with Gasteiger partial charge in [-0.25, -0.2) is 0 Å². The van der Waals surface area contributed by atoms with Crippen molar-refractivity contribution in [2.45, 2.75) is 31.7 Å². The van der Waals surface area contributed by atoms with Gasteiger partial charge in [0.1, 0.15) is 0 Å². The summed E-state index contributed by atoms with van der Waals surface area (Å²) in [4.78, 5) is 16.4. The van der Waals surface area contributed by atoms with Crippen molar-refractivity contribution in [1.29, 1.82) is 0 Å². The van der Waals surface area contributed by atoms with E-state index in [4.69, 9.17) is 11.2 Å². The summed E-state index contributed by atoms with van der Waals surface area (Å²) >= 11 is 0. The zero-order valence-corrected chi connectivity index (χ0v) is 11.8. The molecule has 0 N–H and O–H groups in total. The SMILES string of the molecule is C#CC1CC(=O)N(C2CCN(CCCOC)CC2)C1. The van der Waals surface area contributed by atoms with Gasteiger partial charge in [0.25, 0.3) is 0 Å². The molecule has 0 aromatic rings. The molecule has 4 heteroatoms. The summed E-state index contributed by atoms with van der Waals surface area (Å²) in [5.74, 6) is 3.10. The Kier molecular flexibility index (Phi) is 5.24. The summed E-state index contributed by atoms with van der Waals surface area (Å²) < 4.78 is 5.08. The lowest BCUT2D eigenvalue weighted by atomic mass is 10.0. The van der Waals surface area contributed by atoms with Crippen molar-refractivity contribution in [2.24, 2.45) is 5.92 Å². The van der Waals surface area contributed by atoms with Crippen LogP contribution in [0.3, 0.4) is 0 Å². The fourth-order valence-electron chi connectivity index (χ4n) is 3.08.